The second-order valence-corrected chi connectivity index (χ2v) is 5.82. The molecule has 0 bridgehead atoms. The Bertz CT molecular complexity index is 784. The molecule has 0 aliphatic rings. The van der Waals surface area contributed by atoms with E-state index in [2.05, 4.69) is 29.1 Å². The molecule has 0 atom stereocenters. The Kier molecular flexibility index (Phi) is 6.21. The molecule has 0 saturated heterocycles. The molecule has 24 heavy (non-hydrogen) atoms. The zero-order chi connectivity index (χ0) is 17.5. The number of rotatable bonds is 6. The fourth-order valence-corrected chi connectivity index (χ4v) is 2.59. The van der Waals surface area contributed by atoms with Crippen molar-refractivity contribution in [2.24, 2.45) is 0 Å². The maximum Gasteiger partial charge on any atom is 0.262 e. The van der Waals surface area contributed by atoms with E-state index in [4.69, 9.17) is 5.21 Å². The molecule has 0 aliphatic heterocycles. The van der Waals surface area contributed by atoms with Gasteiger partial charge >= 0.3 is 0 Å². The largest absolute Gasteiger partial charge is 0.360 e. The molecule has 0 radical (unpaired) electrons. The molecular formula is C18H24N4O2. The van der Waals surface area contributed by atoms with E-state index in [1.54, 1.807) is 5.48 Å². The minimum Gasteiger partial charge on any atom is -0.360 e. The van der Waals surface area contributed by atoms with E-state index >= 15 is 0 Å². The third-order valence-corrected chi connectivity index (χ3v) is 3.70. The Balaban J connectivity index is 2.36. The van der Waals surface area contributed by atoms with E-state index in [0.717, 1.165) is 36.2 Å². The van der Waals surface area contributed by atoms with E-state index in [1.165, 1.54) is 6.42 Å². The highest BCUT2D eigenvalue weighted by Crippen LogP contribution is 2.21. The summed E-state index contributed by atoms with van der Waals surface area (Å²) in [6.07, 6.45) is 4.23. The number of hydrogen-bond donors (Lipinski definition) is 3. The van der Waals surface area contributed by atoms with Crippen LogP contribution in [-0.2, 0) is 4.79 Å². The van der Waals surface area contributed by atoms with Gasteiger partial charge in [-0.1, -0.05) is 25.7 Å². The van der Waals surface area contributed by atoms with Crippen LogP contribution in [0.25, 0.3) is 5.65 Å². The predicted octanol–water partition coefficient (Wildman–Crippen LogP) is 2.80. The lowest BCUT2D eigenvalue weighted by Crippen LogP contribution is -2.27. The van der Waals surface area contributed by atoms with Gasteiger partial charge in [0.1, 0.15) is 11.5 Å². The molecule has 0 unspecified atom stereocenters. The molecular weight excluding hydrogens is 304 g/mol. The van der Waals surface area contributed by atoms with Crippen molar-refractivity contribution in [3.05, 3.63) is 29.1 Å². The van der Waals surface area contributed by atoms with Crippen LogP contribution in [0.5, 0.6) is 0 Å². The summed E-state index contributed by atoms with van der Waals surface area (Å²) in [4.78, 5) is 15.9. The molecule has 2 aromatic rings. The molecule has 2 heterocycles. The van der Waals surface area contributed by atoms with Crippen molar-refractivity contribution >= 4 is 17.4 Å². The Morgan fingerprint density at radius 3 is 2.83 bits per heavy atom. The van der Waals surface area contributed by atoms with Gasteiger partial charge in [-0.3, -0.25) is 14.4 Å². The fourth-order valence-electron chi connectivity index (χ4n) is 2.59. The lowest BCUT2D eigenvalue weighted by atomic mass is 10.2. The Labute approximate surface area is 142 Å². The van der Waals surface area contributed by atoms with Gasteiger partial charge in [0.15, 0.2) is 5.69 Å². The second kappa shape index (κ2) is 8.37. The first-order valence-electron chi connectivity index (χ1n) is 8.22. The maximum absolute atomic E-state index is 11.3. The van der Waals surface area contributed by atoms with Gasteiger partial charge in [-0.2, -0.15) is 0 Å². The zero-order valence-electron chi connectivity index (χ0n) is 14.4. The number of unbranched alkanes of at least 4 members (excludes halogenated alkanes) is 3. The molecule has 6 heteroatoms. The van der Waals surface area contributed by atoms with Crippen LogP contribution in [0.15, 0.2) is 12.1 Å². The van der Waals surface area contributed by atoms with E-state index < -0.39 is 5.91 Å². The quantitative estimate of drug-likeness (QED) is 0.330. The van der Waals surface area contributed by atoms with Gasteiger partial charge in [-0.05, 0) is 43.9 Å². The molecule has 0 spiro atoms. The average molecular weight is 328 g/mol. The van der Waals surface area contributed by atoms with E-state index in [0.29, 0.717) is 11.5 Å². The maximum atomic E-state index is 11.3. The van der Waals surface area contributed by atoms with Crippen molar-refractivity contribution < 1.29 is 10.0 Å². The van der Waals surface area contributed by atoms with Crippen LogP contribution in [0.4, 0.5) is 5.82 Å². The van der Waals surface area contributed by atoms with Crippen LogP contribution in [0, 0.1) is 25.7 Å². The lowest BCUT2D eigenvalue weighted by Gasteiger charge is -2.08. The number of aromatic nitrogens is 2. The first-order chi connectivity index (χ1) is 11.6. The highest BCUT2D eigenvalue weighted by molar-refractivity contribution is 5.80. The summed E-state index contributed by atoms with van der Waals surface area (Å²) in [6, 6.07) is 4.02. The number of carbonyl (C=O) groups excluding carboxylic acids is 1. The third kappa shape index (κ3) is 4.27. The number of hydroxylamine groups is 1. The molecule has 1 amide bonds. The van der Waals surface area contributed by atoms with Crippen LogP contribution in [0.3, 0.4) is 0 Å². The number of imidazole rings is 1. The van der Waals surface area contributed by atoms with Crippen molar-refractivity contribution in [1.29, 1.82) is 0 Å². The molecule has 6 nitrogen and oxygen atoms in total. The molecule has 0 fully saturated rings. The van der Waals surface area contributed by atoms with Gasteiger partial charge in [-0.15, -0.1) is 0 Å². The Morgan fingerprint density at radius 1 is 1.33 bits per heavy atom. The predicted molar refractivity (Wildman–Crippen MR) is 94.1 cm³/mol. The van der Waals surface area contributed by atoms with Crippen LogP contribution >= 0.6 is 0 Å². The summed E-state index contributed by atoms with van der Waals surface area (Å²) in [7, 11) is 0. The van der Waals surface area contributed by atoms with Crippen molar-refractivity contribution in [1.82, 2.24) is 14.9 Å². The minimum absolute atomic E-state index is 0.0534. The van der Waals surface area contributed by atoms with Gasteiger partial charge in [0.25, 0.3) is 5.91 Å². The Morgan fingerprint density at radius 2 is 2.12 bits per heavy atom. The van der Waals surface area contributed by atoms with Gasteiger partial charge in [0.2, 0.25) is 0 Å². The van der Waals surface area contributed by atoms with Gasteiger partial charge in [0.05, 0.1) is 6.54 Å². The minimum atomic E-state index is -0.517. The monoisotopic (exact) mass is 328 g/mol. The van der Waals surface area contributed by atoms with E-state index in [9.17, 15) is 4.79 Å². The van der Waals surface area contributed by atoms with Gasteiger partial charge < -0.3 is 5.32 Å². The smallest absolute Gasteiger partial charge is 0.262 e. The van der Waals surface area contributed by atoms with Crippen LogP contribution in [0.1, 0.15) is 49.6 Å². The molecule has 3 N–H and O–H groups in total. The number of nitrogens with one attached hydrogen (secondary N) is 2. The van der Waals surface area contributed by atoms with Crippen molar-refractivity contribution in [3.8, 4) is 11.8 Å². The standard InChI is InChI=1S/C18H24N4O2/c1-4-5-6-7-8-9-15-18(19-12-17(23)21-24)22-14(3)10-13(2)11-16(22)20-15/h10-11,19,24H,4-7,12H2,1-3H3,(H,21,23). The highest BCUT2D eigenvalue weighted by atomic mass is 16.5. The van der Waals surface area contributed by atoms with Crippen molar-refractivity contribution in [2.45, 2.75) is 46.5 Å². The molecule has 2 rings (SSSR count). The van der Waals surface area contributed by atoms with Crippen LogP contribution in [0.2, 0.25) is 0 Å². The molecule has 2 aromatic heterocycles. The number of fused-ring (bicyclic) bond motifs is 1. The number of nitrogens with zero attached hydrogens (tertiary/aromatic N) is 2. The molecule has 0 aromatic carbocycles. The van der Waals surface area contributed by atoms with E-state index in [1.807, 2.05) is 30.4 Å². The summed E-state index contributed by atoms with van der Waals surface area (Å²) in [5.41, 5.74) is 5.14. The van der Waals surface area contributed by atoms with Gasteiger partial charge in [0, 0.05) is 12.1 Å². The number of amides is 1. The molecule has 128 valence electrons. The highest BCUT2D eigenvalue weighted by Gasteiger charge is 2.13. The summed E-state index contributed by atoms with van der Waals surface area (Å²) in [6.45, 7) is 6.11. The molecule has 0 aliphatic carbocycles. The Hall–Kier alpha value is -2.52. The van der Waals surface area contributed by atoms with Crippen molar-refractivity contribution in [3.63, 3.8) is 0 Å². The first kappa shape index (κ1) is 17.8. The number of anilines is 1. The van der Waals surface area contributed by atoms with Crippen molar-refractivity contribution in [2.75, 3.05) is 11.9 Å². The summed E-state index contributed by atoms with van der Waals surface area (Å²) in [5, 5.41) is 11.7. The van der Waals surface area contributed by atoms with Gasteiger partial charge in [-0.25, -0.2) is 10.5 Å². The normalized spacial score (nSPS) is 10.3. The number of aryl methyl sites for hydroxylation is 2. The number of hydrogen-bond acceptors (Lipinski definition) is 4. The third-order valence-electron chi connectivity index (χ3n) is 3.70. The van der Waals surface area contributed by atoms with Crippen LogP contribution in [-0.4, -0.2) is 27.0 Å². The summed E-state index contributed by atoms with van der Waals surface area (Å²) < 4.78 is 1.94. The zero-order valence-corrected chi connectivity index (χ0v) is 14.4. The number of carbonyl (C=O) groups is 1. The lowest BCUT2D eigenvalue weighted by molar-refractivity contribution is -0.127. The SMILES string of the molecule is CCCCCC#Cc1nc2cc(C)cc(C)n2c1NCC(=O)NO. The average Bonchev–Trinajstić information content (AvgIpc) is 2.89. The van der Waals surface area contributed by atoms with Crippen LogP contribution < -0.4 is 10.8 Å². The second-order valence-electron chi connectivity index (χ2n) is 5.82. The van der Waals surface area contributed by atoms with E-state index in [-0.39, 0.29) is 6.54 Å². The number of pyridine rings is 1. The first-order valence-corrected chi connectivity index (χ1v) is 8.22. The topological polar surface area (TPSA) is 78.7 Å². The fraction of sp³-hybridized carbons (Fsp3) is 0.444. The summed E-state index contributed by atoms with van der Waals surface area (Å²) >= 11 is 0. The summed E-state index contributed by atoms with van der Waals surface area (Å²) in [5.74, 6) is 6.43. The molecule has 0 saturated carbocycles.